The van der Waals surface area contributed by atoms with Gasteiger partial charge in [0.1, 0.15) is 11.4 Å². The molecule has 0 saturated carbocycles. The lowest BCUT2D eigenvalue weighted by Crippen LogP contribution is -2.35. The van der Waals surface area contributed by atoms with Crippen molar-refractivity contribution in [2.45, 2.75) is 39.2 Å². The van der Waals surface area contributed by atoms with Gasteiger partial charge in [-0.25, -0.2) is 4.79 Å². The first kappa shape index (κ1) is 14.7. The fraction of sp³-hybridized carbons (Fsp3) is 0.667. The lowest BCUT2D eigenvalue weighted by Gasteiger charge is -2.24. The molecule has 92 valence electrons. The molecule has 0 aliphatic heterocycles. The van der Waals surface area contributed by atoms with Crippen molar-refractivity contribution < 1.29 is 14.3 Å². The maximum atomic E-state index is 11.5. The summed E-state index contributed by atoms with van der Waals surface area (Å²) >= 11 is 0. The van der Waals surface area contributed by atoms with Crippen LogP contribution in [0, 0.1) is 0 Å². The van der Waals surface area contributed by atoms with Gasteiger partial charge >= 0.3 is 6.09 Å². The summed E-state index contributed by atoms with van der Waals surface area (Å²) < 4.78 is 5.15. The van der Waals surface area contributed by atoms with E-state index in [1.54, 1.807) is 13.1 Å². The van der Waals surface area contributed by atoms with Gasteiger partial charge in [0.25, 0.3) is 0 Å². The number of hydrogen-bond acceptors (Lipinski definition) is 3. The second-order valence-electron chi connectivity index (χ2n) is 4.68. The highest BCUT2D eigenvalue weighted by molar-refractivity contribution is 5.80. The monoisotopic (exact) mass is 227 g/mol. The van der Waals surface area contributed by atoms with Gasteiger partial charge in [0.2, 0.25) is 0 Å². The van der Waals surface area contributed by atoms with Gasteiger partial charge in [-0.1, -0.05) is 6.08 Å². The molecule has 0 unspecified atom stereocenters. The molecule has 0 spiro atoms. The third-order valence-electron chi connectivity index (χ3n) is 1.80. The number of ketones is 1. The SMILES string of the molecule is C=CCC(=O)CCN(C)C(=O)OC(C)(C)C. The van der Waals surface area contributed by atoms with E-state index in [1.807, 2.05) is 20.8 Å². The van der Waals surface area contributed by atoms with Crippen molar-refractivity contribution in [3.63, 3.8) is 0 Å². The maximum Gasteiger partial charge on any atom is 0.410 e. The molecule has 0 aliphatic rings. The molecule has 1 amide bonds. The van der Waals surface area contributed by atoms with Crippen LogP contribution in [0.15, 0.2) is 12.7 Å². The summed E-state index contributed by atoms with van der Waals surface area (Å²) in [7, 11) is 1.62. The van der Waals surface area contributed by atoms with Crippen molar-refractivity contribution in [2.75, 3.05) is 13.6 Å². The van der Waals surface area contributed by atoms with Gasteiger partial charge in [-0.05, 0) is 20.8 Å². The number of carbonyl (C=O) groups excluding carboxylic acids is 2. The van der Waals surface area contributed by atoms with Gasteiger partial charge < -0.3 is 9.64 Å². The summed E-state index contributed by atoms with van der Waals surface area (Å²) in [6.45, 7) is 9.28. The van der Waals surface area contributed by atoms with Crippen LogP contribution in [0.5, 0.6) is 0 Å². The molecule has 0 radical (unpaired) electrons. The largest absolute Gasteiger partial charge is 0.444 e. The zero-order valence-electron chi connectivity index (χ0n) is 10.6. The standard InChI is InChI=1S/C12H21NO3/c1-6-7-10(14)8-9-13(5)11(15)16-12(2,3)4/h6H,1,7-9H2,2-5H3. The molecular weight excluding hydrogens is 206 g/mol. The fourth-order valence-corrected chi connectivity index (χ4v) is 0.987. The molecular formula is C12H21NO3. The summed E-state index contributed by atoms with van der Waals surface area (Å²) in [5.41, 5.74) is -0.504. The molecule has 0 fully saturated rings. The maximum absolute atomic E-state index is 11.5. The van der Waals surface area contributed by atoms with E-state index < -0.39 is 11.7 Å². The summed E-state index contributed by atoms with van der Waals surface area (Å²) in [4.78, 5) is 24.1. The Balaban J connectivity index is 3.97. The first-order valence-corrected chi connectivity index (χ1v) is 5.33. The highest BCUT2D eigenvalue weighted by atomic mass is 16.6. The predicted molar refractivity (Wildman–Crippen MR) is 63.3 cm³/mol. The normalized spacial score (nSPS) is 10.8. The molecule has 4 nitrogen and oxygen atoms in total. The van der Waals surface area contributed by atoms with E-state index in [9.17, 15) is 9.59 Å². The minimum Gasteiger partial charge on any atom is -0.444 e. The van der Waals surface area contributed by atoms with Gasteiger partial charge in [-0.3, -0.25) is 4.79 Å². The van der Waals surface area contributed by atoms with Gasteiger partial charge in [-0.2, -0.15) is 0 Å². The van der Waals surface area contributed by atoms with Crippen LogP contribution in [0.4, 0.5) is 4.79 Å². The van der Waals surface area contributed by atoms with Crippen LogP contribution >= 0.6 is 0 Å². The number of allylic oxidation sites excluding steroid dienone is 1. The first-order valence-electron chi connectivity index (χ1n) is 5.33. The summed E-state index contributed by atoms with van der Waals surface area (Å²) in [6, 6.07) is 0. The third kappa shape index (κ3) is 7.04. The molecule has 0 aromatic rings. The van der Waals surface area contributed by atoms with E-state index in [0.717, 1.165) is 0 Å². The Hall–Kier alpha value is -1.32. The number of Topliss-reactive ketones (excluding diaryl/α,β-unsaturated/α-hetero) is 1. The molecule has 0 aromatic heterocycles. The Morgan fingerprint density at radius 1 is 1.38 bits per heavy atom. The van der Waals surface area contributed by atoms with Crippen LogP contribution in [0.3, 0.4) is 0 Å². The summed E-state index contributed by atoms with van der Waals surface area (Å²) in [5, 5.41) is 0. The molecule has 0 saturated heterocycles. The van der Waals surface area contributed by atoms with E-state index >= 15 is 0 Å². The summed E-state index contributed by atoms with van der Waals surface area (Å²) in [5.74, 6) is 0.0745. The summed E-state index contributed by atoms with van der Waals surface area (Å²) in [6.07, 6.45) is 1.85. The number of hydrogen-bond donors (Lipinski definition) is 0. The first-order chi connectivity index (χ1) is 7.26. The van der Waals surface area contributed by atoms with Gasteiger partial charge in [0.05, 0.1) is 0 Å². The van der Waals surface area contributed by atoms with Gasteiger partial charge in [0.15, 0.2) is 0 Å². The lowest BCUT2D eigenvalue weighted by atomic mass is 10.2. The topological polar surface area (TPSA) is 46.6 Å². The van der Waals surface area contributed by atoms with Crippen molar-refractivity contribution in [1.29, 1.82) is 0 Å². The van der Waals surface area contributed by atoms with Crippen molar-refractivity contribution in [1.82, 2.24) is 4.90 Å². The Bertz CT molecular complexity index is 266. The number of rotatable bonds is 5. The van der Waals surface area contributed by atoms with E-state index in [1.165, 1.54) is 4.90 Å². The lowest BCUT2D eigenvalue weighted by molar-refractivity contribution is -0.118. The van der Waals surface area contributed by atoms with Crippen LogP contribution < -0.4 is 0 Å². The average Bonchev–Trinajstić information content (AvgIpc) is 2.11. The van der Waals surface area contributed by atoms with E-state index in [4.69, 9.17) is 4.74 Å². The van der Waals surface area contributed by atoms with Crippen molar-refractivity contribution >= 4 is 11.9 Å². The van der Waals surface area contributed by atoms with Gasteiger partial charge in [-0.15, -0.1) is 6.58 Å². The number of amides is 1. The minimum absolute atomic E-state index is 0.0745. The van der Waals surface area contributed by atoms with Crippen LogP contribution in [-0.4, -0.2) is 36.0 Å². The molecule has 4 heteroatoms. The Morgan fingerprint density at radius 2 is 1.94 bits per heavy atom. The van der Waals surface area contributed by atoms with Crippen LogP contribution in [0.25, 0.3) is 0 Å². The second kappa shape index (κ2) is 6.30. The van der Waals surface area contributed by atoms with Crippen LogP contribution in [-0.2, 0) is 9.53 Å². The third-order valence-corrected chi connectivity index (χ3v) is 1.80. The number of nitrogens with zero attached hydrogens (tertiary/aromatic N) is 1. The highest BCUT2D eigenvalue weighted by Crippen LogP contribution is 2.09. The van der Waals surface area contributed by atoms with Crippen molar-refractivity contribution in [3.8, 4) is 0 Å². The Labute approximate surface area is 97.3 Å². The molecule has 0 rings (SSSR count). The van der Waals surface area contributed by atoms with E-state index in [-0.39, 0.29) is 5.78 Å². The second-order valence-corrected chi connectivity index (χ2v) is 4.68. The molecule has 0 aromatic carbocycles. The Morgan fingerprint density at radius 3 is 2.38 bits per heavy atom. The zero-order chi connectivity index (χ0) is 12.8. The molecule has 0 atom stereocenters. The predicted octanol–water partition coefficient (Wildman–Crippen LogP) is 2.39. The van der Waals surface area contributed by atoms with Crippen molar-refractivity contribution in [2.24, 2.45) is 0 Å². The van der Waals surface area contributed by atoms with Gasteiger partial charge in [0, 0.05) is 26.4 Å². The van der Waals surface area contributed by atoms with E-state index in [0.29, 0.717) is 19.4 Å². The highest BCUT2D eigenvalue weighted by Gasteiger charge is 2.19. The number of carbonyl (C=O) groups is 2. The molecule has 0 aliphatic carbocycles. The molecule has 16 heavy (non-hydrogen) atoms. The molecule has 0 heterocycles. The molecule has 0 N–H and O–H groups in total. The number of ether oxygens (including phenoxy) is 1. The average molecular weight is 227 g/mol. The fourth-order valence-electron chi connectivity index (χ4n) is 0.987. The smallest absolute Gasteiger partial charge is 0.410 e. The quantitative estimate of drug-likeness (QED) is 0.677. The Kier molecular flexibility index (Phi) is 5.78. The minimum atomic E-state index is -0.504. The van der Waals surface area contributed by atoms with Crippen LogP contribution in [0.1, 0.15) is 33.6 Å². The zero-order valence-corrected chi connectivity index (χ0v) is 10.6. The molecule has 0 bridgehead atoms. The van der Waals surface area contributed by atoms with Crippen molar-refractivity contribution in [3.05, 3.63) is 12.7 Å². The van der Waals surface area contributed by atoms with E-state index in [2.05, 4.69) is 6.58 Å². The van der Waals surface area contributed by atoms with Crippen LogP contribution in [0.2, 0.25) is 0 Å².